The molecule has 2 N–H and O–H groups in total. The minimum Gasteiger partial charge on any atom is -0.496 e. The lowest BCUT2D eigenvalue weighted by Gasteiger charge is -2.34. The molecule has 2 rings (SSSR count). The quantitative estimate of drug-likeness (QED) is 0.869. The summed E-state index contributed by atoms with van der Waals surface area (Å²) in [5, 5.41) is 0. The Labute approximate surface area is 102 Å². The van der Waals surface area contributed by atoms with Crippen LogP contribution in [0.5, 0.6) is 17.2 Å². The normalized spacial score (nSPS) is 22.8. The van der Waals surface area contributed by atoms with Crippen LogP contribution in [0.15, 0.2) is 12.1 Å². The molecule has 1 aliphatic rings. The first kappa shape index (κ1) is 12.0. The fourth-order valence-electron chi connectivity index (χ4n) is 2.29. The molecule has 4 heteroatoms. The molecular weight excluding hydrogens is 218 g/mol. The van der Waals surface area contributed by atoms with Crippen molar-refractivity contribution in [2.75, 3.05) is 21.3 Å². The molecule has 94 valence electrons. The van der Waals surface area contributed by atoms with E-state index in [0.717, 1.165) is 29.9 Å². The minimum atomic E-state index is 0.317. The Morgan fingerprint density at radius 3 is 1.94 bits per heavy atom. The summed E-state index contributed by atoms with van der Waals surface area (Å²) in [5.41, 5.74) is 6.99. The highest BCUT2D eigenvalue weighted by molar-refractivity contribution is 5.52. The first-order valence-corrected chi connectivity index (χ1v) is 5.75. The summed E-state index contributed by atoms with van der Waals surface area (Å²) in [4.78, 5) is 0. The van der Waals surface area contributed by atoms with Crippen LogP contribution in [0.4, 0.5) is 0 Å². The van der Waals surface area contributed by atoms with Gasteiger partial charge in [0.15, 0.2) is 11.5 Å². The Hall–Kier alpha value is -1.42. The fraction of sp³-hybridized carbons (Fsp3) is 0.538. The van der Waals surface area contributed by atoms with E-state index < -0.39 is 0 Å². The SMILES string of the molecule is COc1cc(OC)c(C2CC(N)C2)cc1OC. The third kappa shape index (κ3) is 2.17. The molecule has 17 heavy (non-hydrogen) atoms. The third-order valence-corrected chi connectivity index (χ3v) is 3.35. The van der Waals surface area contributed by atoms with Crippen molar-refractivity contribution in [3.63, 3.8) is 0 Å². The zero-order valence-electron chi connectivity index (χ0n) is 10.5. The number of hydrogen-bond donors (Lipinski definition) is 1. The van der Waals surface area contributed by atoms with Gasteiger partial charge in [0.05, 0.1) is 21.3 Å². The van der Waals surface area contributed by atoms with Gasteiger partial charge in [-0.2, -0.15) is 0 Å². The van der Waals surface area contributed by atoms with Crippen LogP contribution in [0.25, 0.3) is 0 Å². The standard InChI is InChI=1S/C13H19NO3/c1-15-11-7-13(17-3)12(16-2)6-10(11)8-4-9(14)5-8/h6-9H,4-5,14H2,1-3H3. The summed E-state index contributed by atoms with van der Waals surface area (Å²) in [6.07, 6.45) is 2.01. The summed E-state index contributed by atoms with van der Waals surface area (Å²) >= 11 is 0. The summed E-state index contributed by atoms with van der Waals surface area (Å²) in [7, 11) is 4.93. The second-order valence-corrected chi connectivity index (χ2v) is 4.38. The Morgan fingerprint density at radius 2 is 1.47 bits per heavy atom. The van der Waals surface area contributed by atoms with Crippen molar-refractivity contribution < 1.29 is 14.2 Å². The number of rotatable bonds is 4. The molecule has 1 fully saturated rings. The molecule has 1 aromatic rings. The zero-order chi connectivity index (χ0) is 12.4. The first-order valence-electron chi connectivity index (χ1n) is 5.75. The molecule has 0 radical (unpaired) electrons. The van der Waals surface area contributed by atoms with Gasteiger partial charge in [0, 0.05) is 17.7 Å². The number of nitrogens with two attached hydrogens (primary N) is 1. The lowest BCUT2D eigenvalue weighted by molar-refractivity contribution is 0.322. The van der Waals surface area contributed by atoms with Crippen molar-refractivity contribution in [2.45, 2.75) is 24.8 Å². The maximum absolute atomic E-state index is 5.83. The largest absolute Gasteiger partial charge is 0.496 e. The van der Waals surface area contributed by atoms with Gasteiger partial charge in [0.25, 0.3) is 0 Å². The molecule has 0 bridgehead atoms. The third-order valence-electron chi connectivity index (χ3n) is 3.35. The van der Waals surface area contributed by atoms with Crippen molar-refractivity contribution in [2.24, 2.45) is 5.73 Å². The van der Waals surface area contributed by atoms with Gasteiger partial charge < -0.3 is 19.9 Å². The van der Waals surface area contributed by atoms with Crippen LogP contribution < -0.4 is 19.9 Å². The summed E-state index contributed by atoms with van der Waals surface area (Å²) in [6.45, 7) is 0. The van der Waals surface area contributed by atoms with E-state index >= 15 is 0 Å². The van der Waals surface area contributed by atoms with Crippen LogP contribution in [-0.2, 0) is 0 Å². The maximum Gasteiger partial charge on any atom is 0.164 e. The molecule has 0 spiro atoms. The van der Waals surface area contributed by atoms with E-state index in [9.17, 15) is 0 Å². The Kier molecular flexibility index (Phi) is 3.43. The van der Waals surface area contributed by atoms with E-state index in [1.54, 1.807) is 21.3 Å². The molecule has 1 saturated carbocycles. The van der Waals surface area contributed by atoms with Crippen molar-refractivity contribution in [3.05, 3.63) is 17.7 Å². The van der Waals surface area contributed by atoms with E-state index in [1.807, 2.05) is 12.1 Å². The van der Waals surface area contributed by atoms with Crippen LogP contribution >= 0.6 is 0 Å². The molecule has 1 aromatic carbocycles. The smallest absolute Gasteiger partial charge is 0.164 e. The monoisotopic (exact) mass is 237 g/mol. The van der Waals surface area contributed by atoms with Gasteiger partial charge in [-0.25, -0.2) is 0 Å². The van der Waals surface area contributed by atoms with Crippen molar-refractivity contribution in [1.29, 1.82) is 0 Å². The second kappa shape index (κ2) is 4.84. The van der Waals surface area contributed by atoms with Crippen molar-refractivity contribution in [3.8, 4) is 17.2 Å². The average molecular weight is 237 g/mol. The van der Waals surface area contributed by atoms with E-state index in [0.29, 0.717) is 17.7 Å². The molecule has 1 aliphatic carbocycles. The highest BCUT2D eigenvalue weighted by atomic mass is 16.5. The number of methoxy groups -OCH3 is 3. The zero-order valence-corrected chi connectivity index (χ0v) is 10.5. The van der Waals surface area contributed by atoms with Gasteiger partial charge in [-0.1, -0.05) is 0 Å². The molecule has 0 aliphatic heterocycles. The van der Waals surface area contributed by atoms with Crippen molar-refractivity contribution >= 4 is 0 Å². The van der Waals surface area contributed by atoms with Gasteiger partial charge in [0.1, 0.15) is 5.75 Å². The van der Waals surface area contributed by atoms with Gasteiger partial charge in [-0.15, -0.1) is 0 Å². The molecular formula is C13H19NO3. The van der Waals surface area contributed by atoms with Gasteiger partial charge in [-0.05, 0) is 24.8 Å². The highest BCUT2D eigenvalue weighted by Crippen LogP contribution is 2.44. The summed E-state index contributed by atoms with van der Waals surface area (Å²) < 4.78 is 16.0. The Morgan fingerprint density at radius 1 is 0.941 bits per heavy atom. The lowest BCUT2D eigenvalue weighted by Crippen LogP contribution is -2.34. The van der Waals surface area contributed by atoms with Crippen LogP contribution in [0.1, 0.15) is 24.3 Å². The second-order valence-electron chi connectivity index (χ2n) is 4.38. The lowest BCUT2D eigenvalue weighted by atomic mass is 9.76. The number of benzene rings is 1. The molecule has 0 atom stereocenters. The Bertz CT molecular complexity index is 400. The topological polar surface area (TPSA) is 53.7 Å². The molecule has 0 amide bonds. The van der Waals surface area contributed by atoms with E-state index in [-0.39, 0.29) is 0 Å². The van der Waals surface area contributed by atoms with Gasteiger partial charge >= 0.3 is 0 Å². The van der Waals surface area contributed by atoms with E-state index in [2.05, 4.69) is 0 Å². The predicted octanol–water partition coefficient (Wildman–Crippen LogP) is 1.92. The fourth-order valence-corrected chi connectivity index (χ4v) is 2.29. The number of ether oxygens (including phenoxy) is 3. The molecule has 0 heterocycles. The van der Waals surface area contributed by atoms with E-state index in [4.69, 9.17) is 19.9 Å². The highest BCUT2D eigenvalue weighted by Gasteiger charge is 2.30. The van der Waals surface area contributed by atoms with Crippen LogP contribution in [0.3, 0.4) is 0 Å². The van der Waals surface area contributed by atoms with Crippen LogP contribution in [-0.4, -0.2) is 27.4 Å². The Balaban J connectivity index is 2.36. The molecule has 0 unspecified atom stereocenters. The minimum absolute atomic E-state index is 0.317. The van der Waals surface area contributed by atoms with Crippen LogP contribution in [0.2, 0.25) is 0 Å². The molecule has 0 aromatic heterocycles. The first-order chi connectivity index (χ1) is 8.19. The van der Waals surface area contributed by atoms with E-state index in [1.165, 1.54) is 0 Å². The van der Waals surface area contributed by atoms with Crippen molar-refractivity contribution in [1.82, 2.24) is 0 Å². The van der Waals surface area contributed by atoms with Gasteiger partial charge in [-0.3, -0.25) is 0 Å². The molecule has 4 nitrogen and oxygen atoms in total. The summed E-state index contributed by atoms with van der Waals surface area (Å²) in [6, 6.07) is 4.18. The van der Waals surface area contributed by atoms with Crippen LogP contribution in [0, 0.1) is 0 Å². The predicted molar refractivity (Wildman–Crippen MR) is 66.0 cm³/mol. The summed E-state index contributed by atoms with van der Waals surface area (Å²) in [5.74, 6) is 2.75. The van der Waals surface area contributed by atoms with Gasteiger partial charge in [0.2, 0.25) is 0 Å². The average Bonchev–Trinajstić information content (AvgIpc) is 2.33. The number of hydrogen-bond acceptors (Lipinski definition) is 4. The maximum atomic E-state index is 5.83. The molecule has 0 saturated heterocycles.